The van der Waals surface area contributed by atoms with Crippen molar-refractivity contribution in [1.82, 2.24) is 19.5 Å². The second-order valence-electron chi connectivity index (χ2n) is 6.46. The molecule has 1 amide bonds. The zero-order chi connectivity index (χ0) is 20.5. The molecule has 2 aromatic heterocycles. The number of nitrogens with zero attached hydrogens (tertiary/aromatic N) is 4. The molecule has 3 aromatic rings. The molecule has 0 unspecified atom stereocenters. The Balaban J connectivity index is 1.61. The molecule has 4 N–H and O–H groups in total. The lowest BCUT2D eigenvalue weighted by Gasteiger charge is -2.16. The van der Waals surface area contributed by atoms with Crippen LogP contribution in [-0.2, 0) is 4.74 Å². The van der Waals surface area contributed by atoms with Crippen LogP contribution in [0.3, 0.4) is 0 Å². The van der Waals surface area contributed by atoms with Crippen LogP contribution in [0.4, 0.5) is 5.82 Å². The maximum atomic E-state index is 12.5. The number of benzene rings is 1. The zero-order valence-corrected chi connectivity index (χ0v) is 15.3. The number of imidazole rings is 1. The fourth-order valence-electron chi connectivity index (χ4n) is 3.16. The molecule has 0 radical (unpaired) electrons. The monoisotopic (exact) mass is 401 g/mol. The predicted octanol–water partition coefficient (Wildman–Crippen LogP) is -0.301. The van der Waals surface area contributed by atoms with Gasteiger partial charge in [-0.3, -0.25) is 9.36 Å². The molecule has 11 heteroatoms. The number of ether oxygens (including phenoxy) is 2. The SMILES string of the molecule is COc1ccc(C(=O)Nc2ncnc3c2ncn3[C@@H]2O[C@H](CO)[C@H](O)[C@@H]2O)cc1. The van der Waals surface area contributed by atoms with Crippen molar-refractivity contribution in [3.63, 3.8) is 0 Å². The minimum atomic E-state index is -1.28. The highest BCUT2D eigenvalue weighted by Crippen LogP contribution is 2.32. The van der Waals surface area contributed by atoms with Gasteiger partial charge in [0.15, 0.2) is 23.2 Å². The number of hydrogen-bond donors (Lipinski definition) is 4. The summed E-state index contributed by atoms with van der Waals surface area (Å²) < 4.78 is 12.0. The summed E-state index contributed by atoms with van der Waals surface area (Å²) in [6.07, 6.45) is -1.85. The van der Waals surface area contributed by atoms with Crippen molar-refractivity contribution in [1.29, 1.82) is 0 Å². The first-order chi connectivity index (χ1) is 14.0. The van der Waals surface area contributed by atoms with Crippen molar-refractivity contribution in [2.75, 3.05) is 19.0 Å². The molecular weight excluding hydrogens is 382 g/mol. The summed E-state index contributed by atoms with van der Waals surface area (Å²) in [5.41, 5.74) is 0.979. The second-order valence-corrected chi connectivity index (χ2v) is 6.46. The molecule has 4 atom stereocenters. The van der Waals surface area contributed by atoms with Crippen molar-refractivity contribution in [2.24, 2.45) is 0 Å². The molecule has 4 rings (SSSR count). The summed E-state index contributed by atoms with van der Waals surface area (Å²) in [5.74, 6) is 0.416. The van der Waals surface area contributed by atoms with Gasteiger partial charge in [0, 0.05) is 5.56 Å². The molecule has 0 spiro atoms. The number of hydrogen-bond acceptors (Lipinski definition) is 9. The number of amides is 1. The van der Waals surface area contributed by atoms with E-state index in [2.05, 4.69) is 20.3 Å². The van der Waals surface area contributed by atoms with Crippen LogP contribution in [0.1, 0.15) is 16.6 Å². The third-order valence-electron chi connectivity index (χ3n) is 4.73. The summed E-state index contributed by atoms with van der Waals surface area (Å²) in [6, 6.07) is 6.57. The van der Waals surface area contributed by atoms with Crippen LogP contribution >= 0.6 is 0 Å². The smallest absolute Gasteiger partial charge is 0.256 e. The van der Waals surface area contributed by atoms with Gasteiger partial charge in [0.2, 0.25) is 0 Å². The lowest BCUT2D eigenvalue weighted by molar-refractivity contribution is -0.0511. The van der Waals surface area contributed by atoms with E-state index in [0.717, 1.165) is 0 Å². The van der Waals surface area contributed by atoms with Crippen LogP contribution in [0.5, 0.6) is 5.75 Å². The van der Waals surface area contributed by atoms with Gasteiger partial charge in [-0.15, -0.1) is 0 Å². The highest BCUT2D eigenvalue weighted by atomic mass is 16.6. The number of methoxy groups -OCH3 is 1. The van der Waals surface area contributed by atoms with Crippen molar-refractivity contribution in [3.8, 4) is 5.75 Å². The van der Waals surface area contributed by atoms with Gasteiger partial charge in [0.25, 0.3) is 5.91 Å². The molecular formula is C18H19N5O6. The Morgan fingerprint density at radius 2 is 1.97 bits per heavy atom. The van der Waals surface area contributed by atoms with Crippen LogP contribution in [0.2, 0.25) is 0 Å². The van der Waals surface area contributed by atoms with Gasteiger partial charge in [0.05, 0.1) is 20.0 Å². The largest absolute Gasteiger partial charge is 0.497 e. The Morgan fingerprint density at radius 3 is 2.62 bits per heavy atom. The van der Waals surface area contributed by atoms with E-state index in [9.17, 15) is 20.1 Å². The van der Waals surface area contributed by atoms with Gasteiger partial charge in [-0.05, 0) is 24.3 Å². The van der Waals surface area contributed by atoms with Crippen LogP contribution in [0.15, 0.2) is 36.9 Å². The molecule has 1 aliphatic heterocycles. The number of anilines is 1. The first kappa shape index (κ1) is 19.2. The third-order valence-corrected chi connectivity index (χ3v) is 4.73. The normalized spacial score (nSPS) is 24.0. The van der Waals surface area contributed by atoms with Crippen molar-refractivity contribution < 1.29 is 29.6 Å². The average molecular weight is 401 g/mol. The van der Waals surface area contributed by atoms with Gasteiger partial charge < -0.3 is 30.1 Å². The van der Waals surface area contributed by atoms with E-state index >= 15 is 0 Å². The number of aliphatic hydroxyl groups excluding tert-OH is 3. The Bertz CT molecular complexity index is 1020. The summed E-state index contributed by atoms with van der Waals surface area (Å²) >= 11 is 0. The fraction of sp³-hybridized carbons (Fsp3) is 0.333. The highest BCUT2D eigenvalue weighted by molar-refractivity contribution is 6.06. The van der Waals surface area contributed by atoms with Crippen LogP contribution in [0, 0.1) is 0 Å². The minimum absolute atomic E-state index is 0.182. The van der Waals surface area contributed by atoms with Gasteiger partial charge in [-0.25, -0.2) is 15.0 Å². The minimum Gasteiger partial charge on any atom is -0.497 e. The van der Waals surface area contributed by atoms with E-state index in [0.29, 0.717) is 17.0 Å². The number of aliphatic hydroxyl groups is 3. The molecule has 29 heavy (non-hydrogen) atoms. The van der Waals surface area contributed by atoms with E-state index in [4.69, 9.17) is 9.47 Å². The summed E-state index contributed by atoms with van der Waals surface area (Å²) in [7, 11) is 1.54. The molecule has 0 bridgehead atoms. The molecule has 1 fully saturated rings. The molecule has 3 heterocycles. The third kappa shape index (κ3) is 3.40. The van der Waals surface area contributed by atoms with E-state index in [1.54, 1.807) is 24.3 Å². The Labute approximate surface area is 164 Å². The summed E-state index contributed by atoms with van der Waals surface area (Å²) in [6.45, 7) is -0.445. The van der Waals surface area contributed by atoms with Crippen LogP contribution in [-0.4, -0.2) is 72.8 Å². The molecule has 1 aromatic carbocycles. The lowest BCUT2D eigenvalue weighted by Crippen LogP contribution is -2.33. The van der Waals surface area contributed by atoms with E-state index in [-0.39, 0.29) is 11.3 Å². The standard InChI is InChI=1S/C18H19N5O6/c1-28-10-4-2-9(3-5-10)17(27)22-15-12-16(20-7-19-15)23(8-21-12)18-14(26)13(25)11(6-24)29-18/h2-5,7-8,11,13-14,18,24-26H,6H2,1H3,(H,19,20,22,27)/t11-,13+,14+,18-/m1/s1. The second kappa shape index (κ2) is 7.72. The molecule has 1 aliphatic rings. The fourth-order valence-corrected chi connectivity index (χ4v) is 3.16. The Morgan fingerprint density at radius 1 is 1.21 bits per heavy atom. The molecule has 0 aliphatic carbocycles. The summed E-state index contributed by atoms with van der Waals surface area (Å²) in [5, 5.41) is 32.2. The van der Waals surface area contributed by atoms with Crippen molar-refractivity contribution in [2.45, 2.75) is 24.5 Å². The number of carbonyl (C=O) groups is 1. The Hall–Kier alpha value is -3.12. The van der Waals surface area contributed by atoms with E-state index in [1.165, 1.54) is 24.3 Å². The number of rotatable bonds is 5. The summed E-state index contributed by atoms with van der Waals surface area (Å²) in [4.78, 5) is 25.0. The molecule has 0 saturated carbocycles. The van der Waals surface area contributed by atoms with Gasteiger partial charge in [0.1, 0.15) is 30.4 Å². The first-order valence-electron chi connectivity index (χ1n) is 8.79. The molecule has 152 valence electrons. The molecule has 1 saturated heterocycles. The zero-order valence-electron chi connectivity index (χ0n) is 15.3. The van der Waals surface area contributed by atoms with Gasteiger partial charge >= 0.3 is 0 Å². The number of aromatic nitrogens is 4. The number of nitrogens with one attached hydrogen (secondary N) is 1. The Kier molecular flexibility index (Phi) is 5.11. The highest BCUT2D eigenvalue weighted by Gasteiger charge is 2.44. The van der Waals surface area contributed by atoms with Gasteiger partial charge in [-0.1, -0.05) is 0 Å². The first-order valence-corrected chi connectivity index (χ1v) is 8.79. The predicted molar refractivity (Wildman–Crippen MR) is 99.3 cm³/mol. The van der Waals surface area contributed by atoms with E-state index < -0.39 is 37.1 Å². The topological polar surface area (TPSA) is 152 Å². The van der Waals surface area contributed by atoms with E-state index in [1.807, 2.05) is 0 Å². The van der Waals surface area contributed by atoms with Crippen LogP contribution < -0.4 is 10.1 Å². The van der Waals surface area contributed by atoms with Crippen LogP contribution in [0.25, 0.3) is 11.2 Å². The molecule has 11 nitrogen and oxygen atoms in total. The maximum Gasteiger partial charge on any atom is 0.256 e. The van der Waals surface area contributed by atoms with Crippen molar-refractivity contribution >= 4 is 22.9 Å². The van der Waals surface area contributed by atoms with Crippen molar-refractivity contribution in [3.05, 3.63) is 42.5 Å². The lowest BCUT2D eigenvalue weighted by atomic mass is 10.1. The number of fused-ring (bicyclic) bond motifs is 1. The number of carbonyl (C=O) groups excluding carboxylic acids is 1. The quantitative estimate of drug-likeness (QED) is 0.451. The maximum absolute atomic E-state index is 12.5. The average Bonchev–Trinajstić information content (AvgIpc) is 3.30. The van der Waals surface area contributed by atoms with Gasteiger partial charge in [-0.2, -0.15) is 0 Å².